The largest absolute Gasteiger partial charge is 0.389 e. The number of hydrogen-bond acceptors (Lipinski definition) is 1. The van der Waals surface area contributed by atoms with Crippen molar-refractivity contribution in [3.8, 4) is 0 Å². The molecule has 0 bridgehead atoms. The third kappa shape index (κ3) is 1.19. The average molecular weight is 168 g/mol. The molecular formula is C11H20O. The Labute approximate surface area is 75.2 Å². The summed E-state index contributed by atoms with van der Waals surface area (Å²) in [5, 5.41) is 10.5. The first-order valence-corrected chi connectivity index (χ1v) is 5.46. The minimum absolute atomic E-state index is 0.267. The van der Waals surface area contributed by atoms with Crippen molar-refractivity contribution in [1.82, 2.24) is 0 Å². The molecule has 0 aromatic heterocycles. The van der Waals surface area contributed by atoms with Gasteiger partial charge in [-0.1, -0.05) is 26.2 Å². The number of aliphatic hydroxyl groups is 1. The van der Waals surface area contributed by atoms with Gasteiger partial charge in [-0.15, -0.1) is 0 Å². The second-order valence-corrected chi connectivity index (χ2v) is 4.77. The van der Waals surface area contributed by atoms with Gasteiger partial charge in [-0.3, -0.25) is 0 Å². The van der Waals surface area contributed by atoms with Crippen LogP contribution in [0.1, 0.15) is 51.9 Å². The molecule has 0 saturated heterocycles. The van der Waals surface area contributed by atoms with Crippen LogP contribution in [0, 0.1) is 11.8 Å². The lowest BCUT2D eigenvalue weighted by molar-refractivity contribution is -0.112. The fourth-order valence-electron chi connectivity index (χ4n) is 3.22. The van der Waals surface area contributed by atoms with Crippen LogP contribution in [0.4, 0.5) is 0 Å². The van der Waals surface area contributed by atoms with Gasteiger partial charge >= 0.3 is 0 Å². The maximum absolute atomic E-state index is 10.5. The van der Waals surface area contributed by atoms with Crippen LogP contribution in [-0.4, -0.2) is 10.7 Å². The Morgan fingerprint density at radius 3 is 2.58 bits per heavy atom. The first-order chi connectivity index (χ1) is 5.73. The summed E-state index contributed by atoms with van der Waals surface area (Å²) in [6.07, 6.45) is 8.80. The monoisotopic (exact) mass is 168 g/mol. The highest BCUT2D eigenvalue weighted by Gasteiger charge is 2.44. The topological polar surface area (TPSA) is 20.2 Å². The van der Waals surface area contributed by atoms with Crippen molar-refractivity contribution >= 4 is 0 Å². The van der Waals surface area contributed by atoms with Gasteiger partial charge in [-0.05, 0) is 37.5 Å². The van der Waals surface area contributed by atoms with Crippen molar-refractivity contribution in [1.29, 1.82) is 0 Å². The molecule has 1 nitrogen and oxygen atoms in total. The zero-order chi connectivity index (χ0) is 8.60. The van der Waals surface area contributed by atoms with Gasteiger partial charge in [-0.2, -0.15) is 0 Å². The smallest absolute Gasteiger partial charge is 0.0701 e. The lowest BCUT2D eigenvalue weighted by atomic mass is 9.63. The van der Waals surface area contributed by atoms with E-state index in [4.69, 9.17) is 0 Å². The van der Waals surface area contributed by atoms with E-state index in [0.717, 1.165) is 6.42 Å². The van der Waals surface area contributed by atoms with Crippen LogP contribution in [0.5, 0.6) is 0 Å². The molecule has 2 aliphatic carbocycles. The molecule has 2 aliphatic rings. The van der Waals surface area contributed by atoms with Gasteiger partial charge < -0.3 is 5.11 Å². The molecule has 2 saturated carbocycles. The molecule has 2 fully saturated rings. The van der Waals surface area contributed by atoms with E-state index < -0.39 is 0 Å². The summed E-state index contributed by atoms with van der Waals surface area (Å²) < 4.78 is 0. The van der Waals surface area contributed by atoms with Crippen molar-refractivity contribution in [2.24, 2.45) is 11.8 Å². The highest BCUT2D eigenvalue weighted by molar-refractivity contribution is 4.96. The van der Waals surface area contributed by atoms with Crippen molar-refractivity contribution < 1.29 is 5.11 Å². The van der Waals surface area contributed by atoms with Crippen molar-refractivity contribution in [2.45, 2.75) is 57.5 Å². The molecule has 1 heteroatoms. The van der Waals surface area contributed by atoms with E-state index in [1.54, 1.807) is 0 Å². The highest BCUT2D eigenvalue weighted by atomic mass is 16.3. The molecular weight excluding hydrogens is 148 g/mol. The van der Waals surface area contributed by atoms with Crippen LogP contribution in [0.2, 0.25) is 0 Å². The molecule has 0 amide bonds. The fourth-order valence-corrected chi connectivity index (χ4v) is 3.22. The second-order valence-electron chi connectivity index (χ2n) is 4.77. The zero-order valence-electron chi connectivity index (χ0n) is 8.05. The van der Waals surface area contributed by atoms with Crippen molar-refractivity contribution in [2.75, 3.05) is 0 Å². The molecule has 1 N–H and O–H groups in total. The Morgan fingerprint density at radius 1 is 1.08 bits per heavy atom. The summed E-state index contributed by atoms with van der Waals surface area (Å²) in [5.41, 5.74) is -0.267. The Morgan fingerprint density at radius 2 is 1.83 bits per heavy atom. The Balaban J connectivity index is 2.14. The molecule has 0 radical (unpaired) electrons. The minimum Gasteiger partial charge on any atom is -0.389 e. The molecule has 0 heterocycles. The molecule has 3 atom stereocenters. The lowest BCUT2D eigenvalue weighted by Crippen LogP contribution is -2.48. The molecule has 70 valence electrons. The highest BCUT2D eigenvalue weighted by Crippen LogP contribution is 2.46. The Kier molecular flexibility index (Phi) is 2.16. The minimum atomic E-state index is -0.267. The van der Waals surface area contributed by atoms with Crippen LogP contribution >= 0.6 is 0 Å². The van der Waals surface area contributed by atoms with E-state index in [-0.39, 0.29) is 5.60 Å². The Bertz CT molecular complexity index is 164. The van der Waals surface area contributed by atoms with Gasteiger partial charge in [0.1, 0.15) is 0 Å². The first-order valence-electron chi connectivity index (χ1n) is 5.46. The fraction of sp³-hybridized carbons (Fsp3) is 1.00. The van der Waals surface area contributed by atoms with Gasteiger partial charge in [0.2, 0.25) is 0 Å². The maximum atomic E-state index is 10.5. The van der Waals surface area contributed by atoms with E-state index in [0.29, 0.717) is 11.8 Å². The SMILES string of the molecule is CC1CCCC2CCCCC12O. The number of fused-ring (bicyclic) bond motifs is 1. The van der Waals surface area contributed by atoms with E-state index in [9.17, 15) is 5.11 Å². The van der Waals surface area contributed by atoms with Crippen LogP contribution in [-0.2, 0) is 0 Å². The standard InChI is InChI=1S/C11H20O/c1-9-5-4-7-10-6-2-3-8-11(9,10)12/h9-10,12H,2-8H2,1H3. The third-order valence-electron chi connectivity index (χ3n) is 4.13. The van der Waals surface area contributed by atoms with Crippen molar-refractivity contribution in [3.05, 3.63) is 0 Å². The predicted octanol–water partition coefficient (Wildman–Crippen LogP) is 2.73. The van der Waals surface area contributed by atoms with E-state index in [1.807, 2.05) is 0 Å². The molecule has 0 aromatic rings. The quantitative estimate of drug-likeness (QED) is 0.589. The summed E-state index contributed by atoms with van der Waals surface area (Å²) >= 11 is 0. The third-order valence-corrected chi connectivity index (χ3v) is 4.13. The normalized spacial score (nSPS) is 48.5. The Hall–Kier alpha value is -0.0400. The predicted molar refractivity (Wildman–Crippen MR) is 49.9 cm³/mol. The summed E-state index contributed by atoms with van der Waals surface area (Å²) in [6.45, 7) is 2.23. The maximum Gasteiger partial charge on any atom is 0.0701 e. The van der Waals surface area contributed by atoms with E-state index in [1.165, 1.54) is 38.5 Å². The molecule has 2 rings (SSSR count). The molecule has 0 spiro atoms. The van der Waals surface area contributed by atoms with Gasteiger partial charge in [0.05, 0.1) is 5.60 Å². The van der Waals surface area contributed by atoms with Gasteiger partial charge in [0.25, 0.3) is 0 Å². The van der Waals surface area contributed by atoms with Crippen LogP contribution < -0.4 is 0 Å². The van der Waals surface area contributed by atoms with Gasteiger partial charge in [0, 0.05) is 0 Å². The number of hydrogen-bond donors (Lipinski definition) is 1. The molecule has 3 unspecified atom stereocenters. The van der Waals surface area contributed by atoms with E-state index >= 15 is 0 Å². The average Bonchev–Trinajstić information content (AvgIpc) is 2.07. The van der Waals surface area contributed by atoms with Gasteiger partial charge in [-0.25, -0.2) is 0 Å². The summed E-state index contributed by atoms with van der Waals surface area (Å²) in [5.74, 6) is 1.19. The zero-order valence-corrected chi connectivity index (χ0v) is 8.05. The van der Waals surface area contributed by atoms with Crippen LogP contribution in [0.25, 0.3) is 0 Å². The summed E-state index contributed by atoms with van der Waals surface area (Å²) in [7, 11) is 0. The summed E-state index contributed by atoms with van der Waals surface area (Å²) in [6, 6.07) is 0. The van der Waals surface area contributed by atoms with Crippen molar-refractivity contribution in [3.63, 3.8) is 0 Å². The lowest BCUT2D eigenvalue weighted by Gasteiger charge is -2.47. The molecule has 0 aliphatic heterocycles. The van der Waals surface area contributed by atoms with Crippen LogP contribution in [0.15, 0.2) is 0 Å². The second kappa shape index (κ2) is 3.02. The molecule has 12 heavy (non-hydrogen) atoms. The van der Waals surface area contributed by atoms with Crippen LogP contribution in [0.3, 0.4) is 0 Å². The summed E-state index contributed by atoms with van der Waals surface area (Å²) in [4.78, 5) is 0. The number of rotatable bonds is 0. The first kappa shape index (κ1) is 8.55. The van der Waals surface area contributed by atoms with Gasteiger partial charge in [0.15, 0.2) is 0 Å². The molecule has 0 aromatic carbocycles. The van der Waals surface area contributed by atoms with E-state index in [2.05, 4.69) is 6.92 Å².